The van der Waals surface area contributed by atoms with Gasteiger partial charge in [0.25, 0.3) is 0 Å². The van der Waals surface area contributed by atoms with Crippen LogP contribution in [0.5, 0.6) is 5.75 Å². The Morgan fingerprint density at radius 2 is 1.50 bits per heavy atom. The maximum absolute atomic E-state index is 5.90. The van der Waals surface area contributed by atoms with E-state index in [0.29, 0.717) is 6.61 Å². The van der Waals surface area contributed by atoms with Crippen LogP contribution in [0.25, 0.3) is 21.8 Å². The van der Waals surface area contributed by atoms with Crippen LogP contribution in [0.15, 0.2) is 97.1 Å². The number of imidazole rings is 1. The Labute approximate surface area is 176 Å². The molecule has 3 nitrogen and oxygen atoms in total. The summed E-state index contributed by atoms with van der Waals surface area (Å²) in [6, 6.07) is 33.5. The fourth-order valence-corrected chi connectivity index (χ4v) is 4.06. The van der Waals surface area contributed by atoms with Crippen molar-refractivity contribution in [2.75, 3.05) is 6.61 Å². The standard InChI is InChI=1S/C27H24N2O/c1-2-13-23(14-3-1)30-19-9-18-29-26-17-7-6-16-25(26)28-27(29)20-22-12-8-11-21-10-4-5-15-24(21)22/h1-8,10-17H,9,18-20H2. The van der Waals surface area contributed by atoms with Crippen molar-refractivity contribution in [1.29, 1.82) is 0 Å². The lowest BCUT2D eigenvalue weighted by molar-refractivity contribution is 0.302. The fraction of sp³-hybridized carbons (Fsp3) is 0.148. The summed E-state index contributed by atoms with van der Waals surface area (Å²) in [4.78, 5) is 4.97. The molecule has 3 heteroatoms. The summed E-state index contributed by atoms with van der Waals surface area (Å²) in [7, 11) is 0. The Morgan fingerprint density at radius 3 is 2.43 bits per heavy atom. The molecule has 0 aliphatic carbocycles. The lowest BCUT2D eigenvalue weighted by atomic mass is 10.0. The zero-order valence-corrected chi connectivity index (χ0v) is 16.9. The summed E-state index contributed by atoms with van der Waals surface area (Å²) in [6.45, 7) is 1.57. The first-order valence-corrected chi connectivity index (χ1v) is 10.5. The molecule has 0 unspecified atom stereocenters. The van der Waals surface area contributed by atoms with E-state index in [1.54, 1.807) is 0 Å². The monoisotopic (exact) mass is 392 g/mol. The van der Waals surface area contributed by atoms with Gasteiger partial charge in [-0.25, -0.2) is 4.98 Å². The highest BCUT2D eigenvalue weighted by molar-refractivity contribution is 5.86. The average Bonchev–Trinajstić information content (AvgIpc) is 3.15. The molecule has 0 amide bonds. The van der Waals surface area contributed by atoms with E-state index in [4.69, 9.17) is 9.72 Å². The van der Waals surface area contributed by atoms with Crippen LogP contribution in [0.3, 0.4) is 0 Å². The fourth-order valence-electron chi connectivity index (χ4n) is 4.06. The molecule has 148 valence electrons. The lowest BCUT2D eigenvalue weighted by Crippen LogP contribution is -2.08. The highest BCUT2D eigenvalue weighted by Gasteiger charge is 2.12. The van der Waals surface area contributed by atoms with E-state index in [1.165, 1.54) is 21.9 Å². The normalized spacial score (nSPS) is 11.2. The van der Waals surface area contributed by atoms with Crippen LogP contribution < -0.4 is 4.74 Å². The Hall–Kier alpha value is -3.59. The van der Waals surface area contributed by atoms with Gasteiger partial charge in [-0.05, 0) is 47.0 Å². The minimum atomic E-state index is 0.685. The van der Waals surface area contributed by atoms with Gasteiger partial charge in [0.05, 0.1) is 17.6 Å². The van der Waals surface area contributed by atoms with Gasteiger partial charge < -0.3 is 9.30 Å². The van der Waals surface area contributed by atoms with E-state index in [1.807, 2.05) is 30.3 Å². The minimum absolute atomic E-state index is 0.685. The van der Waals surface area contributed by atoms with Crippen molar-refractivity contribution in [1.82, 2.24) is 9.55 Å². The first kappa shape index (κ1) is 18.4. The maximum Gasteiger partial charge on any atom is 0.119 e. The topological polar surface area (TPSA) is 27.1 Å². The Balaban J connectivity index is 1.40. The molecule has 5 rings (SSSR count). The Bertz CT molecular complexity index is 1270. The summed E-state index contributed by atoms with van der Waals surface area (Å²) in [6.07, 6.45) is 1.74. The molecule has 0 spiro atoms. The van der Waals surface area contributed by atoms with Crippen LogP contribution in [-0.2, 0) is 13.0 Å². The average molecular weight is 393 g/mol. The van der Waals surface area contributed by atoms with E-state index in [9.17, 15) is 0 Å². The van der Waals surface area contributed by atoms with Gasteiger partial charge in [-0.15, -0.1) is 0 Å². The molecular weight excluding hydrogens is 368 g/mol. The van der Waals surface area contributed by atoms with Gasteiger partial charge in [0.1, 0.15) is 11.6 Å². The predicted octanol–water partition coefficient (Wildman–Crippen LogP) is 6.25. The number of aryl methyl sites for hydroxylation is 1. The van der Waals surface area contributed by atoms with E-state index < -0.39 is 0 Å². The summed E-state index contributed by atoms with van der Waals surface area (Å²) in [5.74, 6) is 2.02. The number of rotatable bonds is 7. The van der Waals surface area contributed by atoms with Crippen molar-refractivity contribution in [2.24, 2.45) is 0 Å². The van der Waals surface area contributed by atoms with Crippen LogP contribution >= 0.6 is 0 Å². The van der Waals surface area contributed by atoms with E-state index in [0.717, 1.165) is 36.5 Å². The molecule has 0 bridgehead atoms. The van der Waals surface area contributed by atoms with Crippen molar-refractivity contribution in [3.63, 3.8) is 0 Å². The third-order valence-electron chi connectivity index (χ3n) is 5.50. The second-order valence-electron chi connectivity index (χ2n) is 7.50. The lowest BCUT2D eigenvalue weighted by Gasteiger charge is -2.12. The molecule has 0 fully saturated rings. The van der Waals surface area contributed by atoms with Crippen molar-refractivity contribution >= 4 is 21.8 Å². The third-order valence-corrected chi connectivity index (χ3v) is 5.50. The van der Waals surface area contributed by atoms with E-state index >= 15 is 0 Å². The van der Waals surface area contributed by atoms with Gasteiger partial charge in [-0.2, -0.15) is 0 Å². The summed E-state index contributed by atoms with van der Waals surface area (Å²) < 4.78 is 8.25. The third kappa shape index (κ3) is 3.79. The number of ether oxygens (including phenoxy) is 1. The predicted molar refractivity (Wildman–Crippen MR) is 123 cm³/mol. The number of hydrogen-bond acceptors (Lipinski definition) is 2. The SMILES string of the molecule is c1ccc(OCCCn2c(Cc3cccc4ccccc34)nc3ccccc32)cc1. The molecule has 0 aliphatic rings. The van der Waals surface area contributed by atoms with Crippen molar-refractivity contribution in [3.8, 4) is 5.75 Å². The van der Waals surface area contributed by atoms with Gasteiger partial charge in [0, 0.05) is 13.0 Å². The molecular formula is C27H24N2O. The number of nitrogens with zero attached hydrogens (tertiary/aromatic N) is 2. The summed E-state index contributed by atoms with van der Waals surface area (Å²) >= 11 is 0. The van der Waals surface area contributed by atoms with Crippen LogP contribution in [0, 0.1) is 0 Å². The van der Waals surface area contributed by atoms with Crippen LogP contribution in [0.2, 0.25) is 0 Å². The molecule has 0 N–H and O–H groups in total. The molecule has 0 radical (unpaired) electrons. The number of fused-ring (bicyclic) bond motifs is 2. The molecule has 30 heavy (non-hydrogen) atoms. The highest BCUT2D eigenvalue weighted by atomic mass is 16.5. The van der Waals surface area contributed by atoms with E-state index in [2.05, 4.69) is 71.3 Å². The van der Waals surface area contributed by atoms with Crippen LogP contribution in [-0.4, -0.2) is 16.2 Å². The molecule has 0 aliphatic heterocycles. The van der Waals surface area contributed by atoms with Crippen LogP contribution in [0.1, 0.15) is 17.8 Å². The van der Waals surface area contributed by atoms with Gasteiger partial charge in [-0.1, -0.05) is 72.8 Å². The largest absolute Gasteiger partial charge is 0.494 e. The second kappa shape index (κ2) is 8.42. The smallest absolute Gasteiger partial charge is 0.119 e. The first-order valence-electron chi connectivity index (χ1n) is 10.5. The summed E-state index contributed by atoms with van der Waals surface area (Å²) in [5, 5.41) is 2.57. The maximum atomic E-state index is 5.90. The van der Waals surface area contributed by atoms with Crippen molar-refractivity contribution < 1.29 is 4.74 Å². The second-order valence-corrected chi connectivity index (χ2v) is 7.50. The zero-order valence-electron chi connectivity index (χ0n) is 16.9. The molecule has 1 aromatic heterocycles. The van der Waals surface area contributed by atoms with Gasteiger partial charge >= 0.3 is 0 Å². The number of benzene rings is 4. The first-order chi connectivity index (χ1) is 14.9. The Kier molecular flexibility index (Phi) is 5.17. The van der Waals surface area contributed by atoms with E-state index in [-0.39, 0.29) is 0 Å². The van der Waals surface area contributed by atoms with Gasteiger partial charge in [-0.3, -0.25) is 0 Å². The Morgan fingerprint density at radius 1 is 0.733 bits per heavy atom. The highest BCUT2D eigenvalue weighted by Crippen LogP contribution is 2.24. The molecule has 5 aromatic rings. The minimum Gasteiger partial charge on any atom is -0.494 e. The molecule has 4 aromatic carbocycles. The summed E-state index contributed by atoms with van der Waals surface area (Å²) in [5.41, 5.74) is 3.55. The number of aromatic nitrogens is 2. The van der Waals surface area contributed by atoms with Crippen molar-refractivity contribution in [3.05, 3.63) is 108 Å². The van der Waals surface area contributed by atoms with Gasteiger partial charge in [0.2, 0.25) is 0 Å². The number of hydrogen-bond donors (Lipinski definition) is 0. The molecule has 0 atom stereocenters. The molecule has 1 heterocycles. The number of para-hydroxylation sites is 3. The zero-order chi connectivity index (χ0) is 20.2. The van der Waals surface area contributed by atoms with Crippen LogP contribution in [0.4, 0.5) is 0 Å². The molecule has 0 saturated heterocycles. The van der Waals surface area contributed by atoms with Gasteiger partial charge in [0.15, 0.2) is 0 Å². The van der Waals surface area contributed by atoms with Crippen molar-refractivity contribution in [2.45, 2.75) is 19.4 Å². The molecule has 0 saturated carbocycles. The quantitative estimate of drug-likeness (QED) is 0.306.